The van der Waals surface area contributed by atoms with Crippen molar-refractivity contribution >= 4 is 15.7 Å². The second-order valence-electron chi connectivity index (χ2n) is 4.15. The average Bonchev–Trinajstić information content (AvgIpc) is 2.24. The minimum absolute atomic E-state index is 0.0436. The number of hydrogen-bond donors (Lipinski definition) is 2. The molecule has 7 heteroatoms. The molecule has 17 heavy (non-hydrogen) atoms. The second-order valence-corrected chi connectivity index (χ2v) is 6.35. The van der Waals surface area contributed by atoms with Crippen LogP contribution in [0.4, 0.5) is 0 Å². The molecule has 2 rings (SSSR count). The van der Waals surface area contributed by atoms with Crippen LogP contribution < -0.4 is 5.73 Å². The van der Waals surface area contributed by atoms with Gasteiger partial charge in [0.15, 0.2) is 9.84 Å². The highest BCUT2D eigenvalue weighted by Crippen LogP contribution is 2.24. The van der Waals surface area contributed by atoms with Crippen molar-refractivity contribution in [1.82, 2.24) is 9.88 Å². The first kappa shape index (κ1) is 12.0. The lowest BCUT2D eigenvalue weighted by Crippen LogP contribution is -2.52. The van der Waals surface area contributed by atoms with E-state index >= 15 is 0 Å². The van der Waals surface area contributed by atoms with Crippen LogP contribution >= 0.6 is 0 Å². The summed E-state index contributed by atoms with van der Waals surface area (Å²) in [6.45, 7) is 1.02. The van der Waals surface area contributed by atoms with Crippen LogP contribution in [-0.2, 0) is 9.84 Å². The number of nitrogen functional groups attached to an aromatic ring is 1. The van der Waals surface area contributed by atoms with Gasteiger partial charge in [0.05, 0.1) is 10.1 Å². The lowest BCUT2D eigenvalue weighted by Gasteiger charge is -2.35. The number of nitrogens with two attached hydrogens (primary N) is 1. The number of amidine groups is 1. The molecule has 1 aliphatic rings. The Morgan fingerprint density at radius 2 is 2.24 bits per heavy atom. The smallest absolute Gasteiger partial charge is 0.186 e. The van der Waals surface area contributed by atoms with E-state index in [1.165, 1.54) is 12.3 Å². The van der Waals surface area contributed by atoms with Gasteiger partial charge in [-0.15, -0.1) is 0 Å². The summed E-state index contributed by atoms with van der Waals surface area (Å²) in [4.78, 5) is 5.85. The summed E-state index contributed by atoms with van der Waals surface area (Å²) >= 11 is 0. The lowest BCUT2D eigenvalue weighted by molar-refractivity contribution is 0.232. The van der Waals surface area contributed by atoms with Crippen molar-refractivity contribution in [1.29, 1.82) is 5.41 Å². The third-order valence-electron chi connectivity index (χ3n) is 2.80. The molecule has 0 amide bonds. The fourth-order valence-corrected chi connectivity index (χ4v) is 3.80. The van der Waals surface area contributed by atoms with Gasteiger partial charge in [-0.25, -0.2) is 8.42 Å². The predicted molar refractivity (Wildman–Crippen MR) is 63.7 cm³/mol. The van der Waals surface area contributed by atoms with E-state index in [4.69, 9.17) is 11.1 Å². The predicted octanol–water partition coefficient (Wildman–Crippen LogP) is -0.547. The van der Waals surface area contributed by atoms with Crippen molar-refractivity contribution in [3.05, 3.63) is 24.0 Å². The molecule has 3 N–H and O–H groups in total. The zero-order chi connectivity index (χ0) is 12.6. The van der Waals surface area contributed by atoms with Gasteiger partial charge in [-0.1, -0.05) is 0 Å². The fraction of sp³-hybridized carbons (Fsp3) is 0.400. The minimum atomic E-state index is -3.44. The van der Waals surface area contributed by atoms with Gasteiger partial charge in [0.1, 0.15) is 11.5 Å². The molecule has 0 atom stereocenters. The van der Waals surface area contributed by atoms with E-state index in [9.17, 15) is 8.42 Å². The molecule has 0 radical (unpaired) electrons. The largest absolute Gasteiger partial charge is 0.382 e. The van der Waals surface area contributed by atoms with Gasteiger partial charge in [-0.3, -0.25) is 10.4 Å². The summed E-state index contributed by atoms with van der Waals surface area (Å²) in [7, 11) is -1.57. The molecule has 0 bridgehead atoms. The molecule has 0 unspecified atom stereocenters. The van der Waals surface area contributed by atoms with Gasteiger partial charge in [0.2, 0.25) is 0 Å². The Labute approximate surface area is 99.9 Å². The maximum absolute atomic E-state index is 12.3. The first-order valence-corrected chi connectivity index (χ1v) is 6.69. The van der Waals surface area contributed by atoms with Gasteiger partial charge >= 0.3 is 0 Å². The van der Waals surface area contributed by atoms with E-state index in [0.29, 0.717) is 13.1 Å². The van der Waals surface area contributed by atoms with Crippen molar-refractivity contribution in [3.63, 3.8) is 0 Å². The third kappa shape index (κ3) is 2.03. The molecule has 2 heterocycles. The molecule has 0 spiro atoms. The zero-order valence-corrected chi connectivity index (χ0v) is 10.2. The number of aromatic nitrogens is 1. The summed E-state index contributed by atoms with van der Waals surface area (Å²) < 4.78 is 24.5. The minimum Gasteiger partial charge on any atom is -0.382 e. The Kier molecular flexibility index (Phi) is 2.88. The third-order valence-corrected chi connectivity index (χ3v) is 4.92. The van der Waals surface area contributed by atoms with Crippen molar-refractivity contribution in [2.24, 2.45) is 5.73 Å². The van der Waals surface area contributed by atoms with Gasteiger partial charge in [-0.2, -0.15) is 0 Å². The number of nitrogens with zero attached hydrogens (tertiary/aromatic N) is 2. The summed E-state index contributed by atoms with van der Waals surface area (Å²) in [5, 5.41) is 6.93. The van der Waals surface area contributed by atoms with Crippen LogP contribution in [0, 0.1) is 5.41 Å². The highest BCUT2D eigenvalue weighted by Gasteiger charge is 2.37. The molecule has 1 aromatic rings. The number of pyridine rings is 1. The number of sulfone groups is 1. The Morgan fingerprint density at radius 3 is 2.76 bits per heavy atom. The Hall–Kier alpha value is -1.47. The van der Waals surface area contributed by atoms with E-state index in [0.717, 1.165) is 0 Å². The van der Waals surface area contributed by atoms with Crippen molar-refractivity contribution in [3.8, 4) is 0 Å². The van der Waals surface area contributed by atoms with Crippen LogP contribution in [0.2, 0.25) is 0 Å². The summed E-state index contributed by atoms with van der Waals surface area (Å²) in [6, 6.07) is 3.00. The Balaban J connectivity index is 2.43. The van der Waals surface area contributed by atoms with E-state index in [1.54, 1.807) is 6.07 Å². The summed E-state index contributed by atoms with van der Waals surface area (Å²) in [5.41, 5.74) is 5.39. The number of rotatable bonds is 3. The highest BCUT2D eigenvalue weighted by molar-refractivity contribution is 7.92. The number of hydrogen-bond acceptors (Lipinski definition) is 5. The molecule has 1 saturated heterocycles. The normalized spacial score (nSPS) is 17.7. The molecule has 1 aliphatic heterocycles. The zero-order valence-electron chi connectivity index (χ0n) is 9.42. The second kappa shape index (κ2) is 4.08. The van der Waals surface area contributed by atoms with Crippen LogP contribution in [0.1, 0.15) is 5.69 Å². The van der Waals surface area contributed by atoms with Gasteiger partial charge in [-0.05, 0) is 19.2 Å². The van der Waals surface area contributed by atoms with Crippen LogP contribution in [-0.4, -0.2) is 49.5 Å². The molecule has 1 fully saturated rings. The maximum Gasteiger partial charge on any atom is 0.186 e. The van der Waals surface area contributed by atoms with Crippen molar-refractivity contribution in [2.75, 3.05) is 20.1 Å². The molecule has 92 valence electrons. The van der Waals surface area contributed by atoms with Crippen LogP contribution in [0.3, 0.4) is 0 Å². The molecule has 0 aliphatic carbocycles. The fourth-order valence-electron chi connectivity index (χ4n) is 1.84. The topological polar surface area (TPSA) is 100 Å². The lowest BCUT2D eigenvalue weighted by atomic mass is 10.2. The standard InChI is InChI=1S/C10H14N4O2S/c1-14-5-7(6-14)17(15,16)8-3-2-4-13-9(8)10(11)12/h2-4,7H,5-6H2,1H3,(H3,11,12). The van der Waals surface area contributed by atoms with Gasteiger partial charge < -0.3 is 10.6 Å². The Morgan fingerprint density at radius 1 is 1.59 bits per heavy atom. The quantitative estimate of drug-likeness (QED) is 0.557. The first-order valence-electron chi connectivity index (χ1n) is 5.15. The first-order chi connectivity index (χ1) is 7.93. The number of likely N-dealkylation sites (tertiary alicyclic amines) is 1. The van der Waals surface area contributed by atoms with E-state index in [2.05, 4.69) is 4.98 Å². The highest BCUT2D eigenvalue weighted by atomic mass is 32.2. The summed E-state index contributed by atoms with van der Waals surface area (Å²) in [6.07, 6.45) is 1.43. The molecule has 0 saturated carbocycles. The molecular weight excluding hydrogens is 240 g/mol. The number of nitrogens with one attached hydrogen (secondary N) is 1. The molecule has 1 aromatic heterocycles. The van der Waals surface area contributed by atoms with E-state index in [1.807, 2.05) is 11.9 Å². The monoisotopic (exact) mass is 254 g/mol. The van der Waals surface area contributed by atoms with E-state index in [-0.39, 0.29) is 16.4 Å². The van der Waals surface area contributed by atoms with Crippen LogP contribution in [0.5, 0.6) is 0 Å². The maximum atomic E-state index is 12.3. The molecule has 6 nitrogen and oxygen atoms in total. The molecule has 0 aromatic carbocycles. The van der Waals surface area contributed by atoms with Crippen molar-refractivity contribution < 1.29 is 8.42 Å². The average molecular weight is 254 g/mol. The van der Waals surface area contributed by atoms with Gasteiger partial charge in [0, 0.05) is 19.3 Å². The van der Waals surface area contributed by atoms with E-state index < -0.39 is 15.1 Å². The Bertz CT molecular complexity index is 549. The van der Waals surface area contributed by atoms with Crippen molar-refractivity contribution in [2.45, 2.75) is 10.1 Å². The summed E-state index contributed by atoms with van der Waals surface area (Å²) in [5.74, 6) is -0.322. The van der Waals surface area contributed by atoms with Crippen LogP contribution in [0.15, 0.2) is 23.2 Å². The SMILES string of the molecule is CN1CC(S(=O)(=O)c2cccnc2C(=N)N)C1. The van der Waals surface area contributed by atoms with Gasteiger partial charge in [0.25, 0.3) is 0 Å². The molecular formula is C10H14N4O2S. The van der Waals surface area contributed by atoms with Crippen LogP contribution in [0.25, 0.3) is 0 Å².